The quantitative estimate of drug-likeness (QED) is 0.933. The predicted octanol–water partition coefficient (Wildman–Crippen LogP) is 3.70. The van der Waals surface area contributed by atoms with Gasteiger partial charge in [-0.3, -0.25) is 0 Å². The van der Waals surface area contributed by atoms with Gasteiger partial charge in [0.25, 0.3) is 0 Å². The topological polar surface area (TPSA) is 56.3 Å². The molecule has 0 unspecified atom stereocenters. The van der Waals surface area contributed by atoms with Crippen LogP contribution in [0.5, 0.6) is 11.5 Å². The number of rotatable bonds is 4. The van der Waals surface area contributed by atoms with Crippen molar-refractivity contribution < 1.29 is 9.47 Å². The molecule has 1 aromatic heterocycles. The highest BCUT2D eigenvalue weighted by atomic mass is 16.5. The number of aromatic nitrogens is 2. The summed E-state index contributed by atoms with van der Waals surface area (Å²) in [5.41, 5.74) is 0.878. The Balaban J connectivity index is 2.03. The molecule has 0 spiro atoms. The lowest BCUT2D eigenvalue weighted by molar-refractivity contribution is 0.356. The van der Waals surface area contributed by atoms with E-state index in [0.29, 0.717) is 17.5 Å². The Hall–Kier alpha value is -2.04. The Bertz CT molecular complexity index is 666. The molecule has 5 heteroatoms. The average molecular weight is 301 g/mol. The van der Waals surface area contributed by atoms with E-state index in [1.807, 2.05) is 19.1 Å². The molecule has 0 aliphatic heterocycles. The van der Waals surface area contributed by atoms with Gasteiger partial charge in [0.1, 0.15) is 11.6 Å². The van der Waals surface area contributed by atoms with Gasteiger partial charge in [-0.1, -0.05) is 19.3 Å². The third-order valence-electron chi connectivity index (χ3n) is 4.26. The Kier molecular flexibility index (Phi) is 4.32. The van der Waals surface area contributed by atoms with Crippen molar-refractivity contribution in [2.45, 2.75) is 45.1 Å². The van der Waals surface area contributed by atoms with E-state index in [1.165, 1.54) is 32.1 Å². The zero-order valence-electron chi connectivity index (χ0n) is 13.5. The number of fused-ring (bicyclic) bond motifs is 1. The van der Waals surface area contributed by atoms with Crippen LogP contribution in [0.2, 0.25) is 0 Å². The Morgan fingerprint density at radius 2 is 1.68 bits per heavy atom. The average Bonchev–Trinajstić information content (AvgIpc) is 2.54. The van der Waals surface area contributed by atoms with Crippen LogP contribution in [0.15, 0.2) is 12.1 Å². The smallest absolute Gasteiger partial charge is 0.162 e. The van der Waals surface area contributed by atoms with Gasteiger partial charge in [0, 0.05) is 17.5 Å². The van der Waals surface area contributed by atoms with Crippen molar-refractivity contribution in [2.75, 3.05) is 19.5 Å². The van der Waals surface area contributed by atoms with Gasteiger partial charge in [-0.25, -0.2) is 9.97 Å². The molecule has 1 aliphatic rings. The van der Waals surface area contributed by atoms with Gasteiger partial charge in [-0.2, -0.15) is 0 Å². The molecule has 3 rings (SSSR count). The molecule has 0 atom stereocenters. The summed E-state index contributed by atoms with van der Waals surface area (Å²) < 4.78 is 10.8. The van der Waals surface area contributed by atoms with Crippen molar-refractivity contribution in [3.63, 3.8) is 0 Å². The number of nitrogens with zero attached hydrogens (tertiary/aromatic N) is 2. The van der Waals surface area contributed by atoms with Crippen molar-refractivity contribution in [1.82, 2.24) is 9.97 Å². The number of anilines is 1. The maximum atomic E-state index is 5.41. The second kappa shape index (κ2) is 6.38. The second-order valence-corrected chi connectivity index (χ2v) is 5.82. The van der Waals surface area contributed by atoms with Crippen LogP contribution in [-0.4, -0.2) is 30.2 Å². The molecule has 1 aromatic carbocycles. The molecule has 1 fully saturated rings. The summed E-state index contributed by atoms with van der Waals surface area (Å²) in [6.45, 7) is 1.92. The molecule has 1 saturated carbocycles. The number of hydrogen-bond donors (Lipinski definition) is 1. The minimum absolute atomic E-state index is 0.499. The number of ether oxygens (including phenoxy) is 2. The van der Waals surface area contributed by atoms with Crippen molar-refractivity contribution in [1.29, 1.82) is 0 Å². The fourth-order valence-corrected chi connectivity index (χ4v) is 3.12. The van der Waals surface area contributed by atoms with Crippen molar-refractivity contribution in [3.05, 3.63) is 18.0 Å². The van der Waals surface area contributed by atoms with Gasteiger partial charge in [-0.15, -0.1) is 0 Å². The van der Waals surface area contributed by atoms with E-state index < -0.39 is 0 Å². The molecular weight excluding hydrogens is 278 g/mol. The van der Waals surface area contributed by atoms with Crippen LogP contribution in [0, 0.1) is 6.92 Å². The second-order valence-electron chi connectivity index (χ2n) is 5.82. The Labute approximate surface area is 131 Å². The zero-order chi connectivity index (χ0) is 15.5. The fraction of sp³-hybridized carbons (Fsp3) is 0.529. The Morgan fingerprint density at radius 3 is 2.36 bits per heavy atom. The molecule has 1 heterocycles. The molecule has 22 heavy (non-hydrogen) atoms. The van der Waals surface area contributed by atoms with Crippen LogP contribution in [0.4, 0.5) is 5.82 Å². The number of benzene rings is 1. The molecule has 1 aliphatic carbocycles. The minimum Gasteiger partial charge on any atom is -0.493 e. The number of aryl methyl sites for hydroxylation is 1. The van der Waals surface area contributed by atoms with E-state index in [1.54, 1.807) is 14.2 Å². The van der Waals surface area contributed by atoms with Gasteiger partial charge in [-0.05, 0) is 25.8 Å². The fourth-order valence-electron chi connectivity index (χ4n) is 3.12. The van der Waals surface area contributed by atoms with Crippen LogP contribution < -0.4 is 14.8 Å². The van der Waals surface area contributed by atoms with Gasteiger partial charge >= 0.3 is 0 Å². The first-order chi connectivity index (χ1) is 10.7. The summed E-state index contributed by atoms with van der Waals surface area (Å²) in [6, 6.07) is 4.37. The molecule has 2 aromatic rings. The van der Waals surface area contributed by atoms with Crippen LogP contribution in [0.25, 0.3) is 10.9 Å². The van der Waals surface area contributed by atoms with Gasteiger partial charge in [0.15, 0.2) is 11.5 Å². The van der Waals surface area contributed by atoms with Crippen molar-refractivity contribution in [3.8, 4) is 11.5 Å². The lowest BCUT2D eigenvalue weighted by Gasteiger charge is -2.24. The highest BCUT2D eigenvalue weighted by Crippen LogP contribution is 2.34. The molecule has 5 nitrogen and oxygen atoms in total. The normalized spacial score (nSPS) is 15.8. The third-order valence-corrected chi connectivity index (χ3v) is 4.26. The molecule has 0 bridgehead atoms. The molecule has 0 saturated heterocycles. The maximum absolute atomic E-state index is 5.41. The highest BCUT2D eigenvalue weighted by molar-refractivity contribution is 5.91. The van der Waals surface area contributed by atoms with E-state index in [0.717, 1.165) is 22.5 Å². The van der Waals surface area contributed by atoms with E-state index in [4.69, 9.17) is 9.47 Å². The first-order valence-electron chi connectivity index (χ1n) is 7.88. The SMILES string of the molecule is COc1cc2nc(C)nc(NC3CCCCC3)c2cc1OC. The lowest BCUT2D eigenvalue weighted by atomic mass is 9.95. The molecule has 0 amide bonds. The highest BCUT2D eigenvalue weighted by Gasteiger charge is 2.17. The summed E-state index contributed by atoms with van der Waals surface area (Å²) in [5.74, 6) is 3.05. The van der Waals surface area contributed by atoms with Crippen LogP contribution in [-0.2, 0) is 0 Å². The van der Waals surface area contributed by atoms with Crippen LogP contribution in [0.3, 0.4) is 0 Å². The van der Waals surface area contributed by atoms with Crippen molar-refractivity contribution in [2.24, 2.45) is 0 Å². The van der Waals surface area contributed by atoms with Gasteiger partial charge in [0.05, 0.1) is 19.7 Å². The minimum atomic E-state index is 0.499. The lowest BCUT2D eigenvalue weighted by Crippen LogP contribution is -2.23. The zero-order valence-corrected chi connectivity index (χ0v) is 13.5. The first kappa shape index (κ1) is 14.9. The molecule has 118 valence electrons. The molecule has 0 radical (unpaired) electrons. The van der Waals surface area contributed by atoms with Gasteiger partial charge < -0.3 is 14.8 Å². The maximum Gasteiger partial charge on any atom is 0.162 e. The molecular formula is C17H23N3O2. The number of hydrogen-bond acceptors (Lipinski definition) is 5. The molecule has 1 N–H and O–H groups in total. The van der Waals surface area contributed by atoms with Crippen molar-refractivity contribution >= 4 is 16.7 Å². The first-order valence-corrected chi connectivity index (χ1v) is 7.88. The largest absolute Gasteiger partial charge is 0.493 e. The van der Waals surface area contributed by atoms with E-state index >= 15 is 0 Å². The third kappa shape index (κ3) is 2.93. The summed E-state index contributed by atoms with van der Waals surface area (Å²) in [5, 5.41) is 4.59. The van der Waals surface area contributed by atoms with E-state index in [9.17, 15) is 0 Å². The standard InChI is InChI=1S/C17H23N3O2/c1-11-18-14-10-16(22-3)15(21-2)9-13(14)17(19-11)20-12-7-5-4-6-8-12/h9-10,12H,4-8H2,1-3H3,(H,18,19,20). The summed E-state index contributed by atoms with van der Waals surface area (Å²) in [6.07, 6.45) is 6.33. The van der Waals surface area contributed by atoms with Gasteiger partial charge in [0.2, 0.25) is 0 Å². The van der Waals surface area contributed by atoms with Crippen LogP contribution >= 0.6 is 0 Å². The Morgan fingerprint density at radius 1 is 1.00 bits per heavy atom. The van der Waals surface area contributed by atoms with Crippen LogP contribution in [0.1, 0.15) is 37.9 Å². The number of nitrogens with one attached hydrogen (secondary N) is 1. The summed E-state index contributed by atoms with van der Waals surface area (Å²) >= 11 is 0. The monoisotopic (exact) mass is 301 g/mol. The number of methoxy groups -OCH3 is 2. The van der Waals surface area contributed by atoms with E-state index in [-0.39, 0.29) is 0 Å². The van der Waals surface area contributed by atoms with E-state index in [2.05, 4.69) is 15.3 Å². The predicted molar refractivity (Wildman–Crippen MR) is 87.9 cm³/mol. The summed E-state index contributed by atoms with van der Waals surface area (Å²) in [4.78, 5) is 9.13. The summed E-state index contributed by atoms with van der Waals surface area (Å²) in [7, 11) is 3.28.